The third kappa shape index (κ3) is 11.5. The highest BCUT2D eigenvalue weighted by Gasteiger charge is 2.05. The van der Waals surface area contributed by atoms with E-state index in [0.717, 1.165) is 24.0 Å². The minimum absolute atomic E-state index is 0. The van der Waals surface area contributed by atoms with Crippen molar-refractivity contribution in [2.45, 2.75) is 6.42 Å². The van der Waals surface area contributed by atoms with Crippen molar-refractivity contribution < 1.29 is 9.28 Å². The summed E-state index contributed by atoms with van der Waals surface area (Å²) in [4.78, 5) is 10.7. The molecule has 0 heterocycles. The smallest absolute Gasteiger partial charge is 0.243 e. The van der Waals surface area contributed by atoms with Gasteiger partial charge in [-0.15, -0.1) is 12.4 Å². The molecule has 0 radical (unpaired) electrons. The maximum absolute atomic E-state index is 10.7. The van der Waals surface area contributed by atoms with Crippen LogP contribution in [0.4, 0.5) is 0 Å². The molecular weight excluding hydrogens is 188 g/mol. The van der Waals surface area contributed by atoms with Crippen molar-refractivity contribution in [3.8, 4) is 0 Å². The van der Waals surface area contributed by atoms with Gasteiger partial charge in [0.25, 0.3) is 0 Å². The van der Waals surface area contributed by atoms with Crippen LogP contribution in [0, 0.1) is 0 Å². The Morgan fingerprint density at radius 1 is 1.46 bits per heavy atom. The molecule has 0 saturated heterocycles. The van der Waals surface area contributed by atoms with Crippen molar-refractivity contribution in [3.63, 3.8) is 0 Å². The predicted octanol–water partition coefficient (Wildman–Crippen LogP) is 0.807. The Morgan fingerprint density at radius 3 is 2.38 bits per heavy atom. The van der Waals surface area contributed by atoms with Crippen LogP contribution in [0.25, 0.3) is 0 Å². The van der Waals surface area contributed by atoms with Crippen LogP contribution in [-0.2, 0) is 4.79 Å². The van der Waals surface area contributed by atoms with Crippen molar-refractivity contribution in [3.05, 3.63) is 12.7 Å². The monoisotopic (exact) mass is 207 g/mol. The molecule has 0 aliphatic heterocycles. The maximum atomic E-state index is 10.7. The number of carbonyl (C=O) groups is 1. The number of carbonyl (C=O) groups excluding carboxylic acids is 1. The van der Waals surface area contributed by atoms with Gasteiger partial charge in [0.2, 0.25) is 5.91 Å². The van der Waals surface area contributed by atoms with E-state index in [-0.39, 0.29) is 18.3 Å². The molecule has 0 saturated carbocycles. The molecule has 3 nitrogen and oxygen atoms in total. The van der Waals surface area contributed by atoms with Gasteiger partial charge in [0, 0.05) is 13.0 Å². The van der Waals surface area contributed by atoms with Crippen molar-refractivity contribution >= 4 is 18.3 Å². The Morgan fingerprint density at radius 2 is 2.00 bits per heavy atom. The van der Waals surface area contributed by atoms with Crippen molar-refractivity contribution in [2.75, 3.05) is 34.2 Å². The average Bonchev–Trinajstić information content (AvgIpc) is 1.96. The standard InChI is InChI=1S/C9H18N2O.ClH/c1-5-9(12)10-7-6-8-11(2,3)4;/h5H,1,6-8H2,2-4H3;1H/p+1. The van der Waals surface area contributed by atoms with E-state index in [1.54, 1.807) is 0 Å². The van der Waals surface area contributed by atoms with Crippen LogP contribution in [0.1, 0.15) is 6.42 Å². The summed E-state index contributed by atoms with van der Waals surface area (Å²) in [5, 5.41) is 2.74. The van der Waals surface area contributed by atoms with Crippen LogP contribution in [0.3, 0.4) is 0 Å². The first-order valence-electron chi connectivity index (χ1n) is 4.16. The van der Waals surface area contributed by atoms with Gasteiger partial charge in [0.05, 0.1) is 27.7 Å². The number of hydrogen-bond donors (Lipinski definition) is 1. The van der Waals surface area contributed by atoms with E-state index in [1.165, 1.54) is 6.08 Å². The summed E-state index contributed by atoms with van der Waals surface area (Å²) in [6.45, 7) is 5.18. The second kappa shape index (κ2) is 6.92. The largest absolute Gasteiger partial charge is 0.352 e. The number of halogens is 1. The van der Waals surface area contributed by atoms with Gasteiger partial charge >= 0.3 is 0 Å². The lowest BCUT2D eigenvalue weighted by molar-refractivity contribution is -0.870. The Bertz CT molecular complexity index is 163. The van der Waals surface area contributed by atoms with Crippen LogP contribution in [0.5, 0.6) is 0 Å². The number of quaternary nitrogens is 1. The average molecular weight is 208 g/mol. The van der Waals surface area contributed by atoms with Gasteiger partial charge < -0.3 is 9.80 Å². The fraction of sp³-hybridized carbons (Fsp3) is 0.667. The van der Waals surface area contributed by atoms with Gasteiger partial charge in [-0.1, -0.05) is 6.58 Å². The van der Waals surface area contributed by atoms with Gasteiger partial charge in [0.15, 0.2) is 0 Å². The number of rotatable bonds is 5. The Labute approximate surface area is 86.8 Å². The molecule has 0 unspecified atom stereocenters. The van der Waals surface area contributed by atoms with E-state index in [4.69, 9.17) is 0 Å². The molecule has 1 amide bonds. The summed E-state index contributed by atoms with van der Waals surface area (Å²) < 4.78 is 0.934. The Balaban J connectivity index is 0. The highest BCUT2D eigenvalue weighted by molar-refractivity contribution is 5.86. The molecule has 0 aromatic heterocycles. The SMILES string of the molecule is C=CC(=O)NCCC[N+](C)(C)C.Cl. The van der Waals surface area contributed by atoms with Crippen LogP contribution in [-0.4, -0.2) is 44.6 Å². The van der Waals surface area contributed by atoms with Crippen LogP contribution in [0.15, 0.2) is 12.7 Å². The summed E-state index contributed by atoms with van der Waals surface area (Å²) >= 11 is 0. The zero-order chi connectivity index (χ0) is 9.61. The van der Waals surface area contributed by atoms with Crippen molar-refractivity contribution in [1.29, 1.82) is 0 Å². The lowest BCUT2D eigenvalue weighted by Gasteiger charge is -2.23. The molecule has 0 aromatic rings. The Hall–Kier alpha value is -0.540. The highest BCUT2D eigenvalue weighted by Crippen LogP contribution is 1.91. The molecule has 13 heavy (non-hydrogen) atoms. The molecule has 0 spiro atoms. The zero-order valence-corrected chi connectivity index (χ0v) is 9.49. The lowest BCUT2D eigenvalue weighted by atomic mass is 10.3. The van der Waals surface area contributed by atoms with Crippen LogP contribution in [0.2, 0.25) is 0 Å². The fourth-order valence-electron chi connectivity index (χ4n) is 0.837. The second-order valence-electron chi connectivity index (χ2n) is 3.86. The quantitative estimate of drug-likeness (QED) is 0.404. The lowest BCUT2D eigenvalue weighted by Crippen LogP contribution is -2.37. The summed E-state index contributed by atoms with van der Waals surface area (Å²) in [6, 6.07) is 0. The van der Waals surface area contributed by atoms with Crippen molar-refractivity contribution in [1.82, 2.24) is 5.32 Å². The highest BCUT2D eigenvalue weighted by atomic mass is 35.5. The molecule has 0 aliphatic rings. The second-order valence-corrected chi connectivity index (χ2v) is 3.86. The summed E-state index contributed by atoms with van der Waals surface area (Å²) in [5.41, 5.74) is 0. The van der Waals surface area contributed by atoms with E-state index in [9.17, 15) is 4.79 Å². The fourth-order valence-corrected chi connectivity index (χ4v) is 0.837. The van der Waals surface area contributed by atoms with Crippen LogP contribution >= 0.6 is 12.4 Å². The molecule has 1 N–H and O–H groups in total. The predicted molar refractivity (Wildman–Crippen MR) is 58.0 cm³/mol. The topological polar surface area (TPSA) is 29.1 Å². The van der Waals surface area contributed by atoms with Gasteiger partial charge in [-0.3, -0.25) is 4.79 Å². The van der Waals surface area contributed by atoms with E-state index in [1.807, 2.05) is 0 Å². The molecule has 0 fully saturated rings. The first-order valence-corrected chi connectivity index (χ1v) is 4.16. The normalized spacial score (nSPS) is 10.1. The first kappa shape index (κ1) is 15.0. The number of amides is 1. The molecular formula is C9H20ClN2O+. The van der Waals surface area contributed by atoms with E-state index in [0.29, 0.717) is 0 Å². The molecule has 0 bridgehead atoms. The summed E-state index contributed by atoms with van der Waals surface area (Å²) in [5.74, 6) is -0.0867. The minimum Gasteiger partial charge on any atom is -0.352 e. The van der Waals surface area contributed by atoms with Crippen molar-refractivity contribution in [2.24, 2.45) is 0 Å². The third-order valence-electron chi connectivity index (χ3n) is 1.49. The summed E-state index contributed by atoms with van der Waals surface area (Å²) in [6.07, 6.45) is 2.30. The van der Waals surface area contributed by atoms with Gasteiger partial charge in [0.1, 0.15) is 0 Å². The maximum Gasteiger partial charge on any atom is 0.243 e. The number of nitrogens with zero attached hydrogens (tertiary/aromatic N) is 1. The van der Waals surface area contributed by atoms with Gasteiger partial charge in [-0.25, -0.2) is 0 Å². The van der Waals surface area contributed by atoms with E-state index < -0.39 is 0 Å². The summed E-state index contributed by atoms with van der Waals surface area (Å²) in [7, 11) is 6.40. The molecule has 4 heteroatoms. The zero-order valence-electron chi connectivity index (χ0n) is 8.67. The molecule has 0 rings (SSSR count). The molecule has 0 aromatic carbocycles. The number of hydrogen-bond acceptors (Lipinski definition) is 1. The third-order valence-corrected chi connectivity index (χ3v) is 1.49. The minimum atomic E-state index is -0.0867. The van der Waals surface area contributed by atoms with Crippen LogP contribution < -0.4 is 5.32 Å². The van der Waals surface area contributed by atoms with E-state index in [2.05, 4.69) is 33.0 Å². The van der Waals surface area contributed by atoms with Gasteiger partial charge in [-0.2, -0.15) is 0 Å². The Kier molecular flexibility index (Phi) is 7.96. The van der Waals surface area contributed by atoms with E-state index >= 15 is 0 Å². The number of nitrogens with one attached hydrogen (secondary N) is 1. The first-order chi connectivity index (χ1) is 5.45. The molecule has 78 valence electrons. The molecule has 0 atom stereocenters. The van der Waals surface area contributed by atoms with Gasteiger partial charge in [-0.05, 0) is 6.08 Å². The molecule has 0 aliphatic carbocycles.